The third kappa shape index (κ3) is 9.72. The van der Waals surface area contributed by atoms with E-state index in [1.807, 2.05) is 0 Å². The second kappa shape index (κ2) is 14.4. The second-order valence-electron chi connectivity index (χ2n) is 8.01. The number of aliphatic hydroxyl groups is 1. The third-order valence-electron chi connectivity index (χ3n) is 5.32. The van der Waals surface area contributed by atoms with E-state index in [-0.39, 0.29) is 6.54 Å². The van der Waals surface area contributed by atoms with Crippen molar-refractivity contribution in [3.05, 3.63) is 0 Å². The molecule has 188 valence electrons. The molecular formula is C20H35N5O8. The van der Waals surface area contributed by atoms with Gasteiger partial charge < -0.3 is 41.9 Å². The Kier molecular flexibility index (Phi) is 12.3. The molecule has 0 saturated carbocycles. The summed E-state index contributed by atoms with van der Waals surface area (Å²) in [6.07, 6.45) is 2.07. The number of unbranched alkanes of at least 4 members (excludes halogenated alkanes) is 1. The number of rotatable bonds is 15. The summed E-state index contributed by atoms with van der Waals surface area (Å²) in [6.45, 7) is 1.14. The van der Waals surface area contributed by atoms with E-state index in [4.69, 9.17) is 5.73 Å². The quantitative estimate of drug-likeness (QED) is 0.125. The molecule has 0 aromatic carbocycles. The zero-order chi connectivity index (χ0) is 25.0. The monoisotopic (exact) mass is 473 g/mol. The summed E-state index contributed by atoms with van der Waals surface area (Å²) in [6, 6.07) is -3.89. The van der Waals surface area contributed by atoms with E-state index >= 15 is 0 Å². The van der Waals surface area contributed by atoms with Gasteiger partial charge >= 0.3 is 11.9 Å². The van der Waals surface area contributed by atoms with Gasteiger partial charge in [-0.05, 0) is 32.2 Å². The molecule has 0 spiro atoms. The minimum absolute atomic E-state index is 0.0964. The summed E-state index contributed by atoms with van der Waals surface area (Å²) in [7, 11) is 0. The maximum atomic E-state index is 13.1. The first kappa shape index (κ1) is 28.3. The van der Waals surface area contributed by atoms with Crippen LogP contribution < -0.4 is 21.7 Å². The van der Waals surface area contributed by atoms with Crippen LogP contribution in [0, 0.1) is 0 Å². The van der Waals surface area contributed by atoms with Crippen molar-refractivity contribution in [2.45, 2.75) is 69.6 Å². The van der Waals surface area contributed by atoms with Gasteiger partial charge in [0, 0.05) is 20.0 Å². The molecule has 4 atom stereocenters. The van der Waals surface area contributed by atoms with Crippen molar-refractivity contribution in [1.82, 2.24) is 20.9 Å². The normalized spacial score (nSPS) is 18.3. The van der Waals surface area contributed by atoms with E-state index in [9.17, 15) is 39.3 Å². The highest BCUT2D eigenvalue weighted by Crippen LogP contribution is 2.20. The standard InChI is InChI=1S/C20H35N5O8/c1-12(27)23-15(11-26)18(30)24-13(9-17(28)29)10-22-14(5-2-3-7-21)19(31)25-8-4-6-16(25)20(32)33/h13-16,22,26H,2-11,21H2,1H3,(H,23,27)(H,24,30)(H,28,29)(H,32,33)/t13-,14-,15-,16-/m0/s1. The topological polar surface area (TPSA) is 211 Å². The maximum absolute atomic E-state index is 13.1. The number of nitrogens with one attached hydrogen (secondary N) is 3. The maximum Gasteiger partial charge on any atom is 0.326 e. The van der Waals surface area contributed by atoms with Crippen molar-refractivity contribution in [3.63, 3.8) is 0 Å². The average molecular weight is 474 g/mol. The fourth-order valence-electron chi connectivity index (χ4n) is 3.70. The number of carbonyl (C=O) groups excluding carboxylic acids is 3. The number of aliphatic carboxylic acids is 2. The van der Waals surface area contributed by atoms with E-state index in [2.05, 4.69) is 16.0 Å². The Morgan fingerprint density at radius 2 is 1.79 bits per heavy atom. The number of amides is 3. The Morgan fingerprint density at radius 3 is 2.33 bits per heavy atom. The molecule has 1 rings (SSSR count). The summed E-state index contributed by atoms with van der Waals surface area (Å²) in [5.74, 6) is -3.98. The van der Waals surface area contributed by atoms with Crippen molar-refractivity contribution >= 4 is 29.7 Å². The number of nitrogens with two attached hydrogens (primary N) is 1. The highest BCUT2D eigenvalue weighted by atomic mass is 16.4. The molecule has 13 nitrogen and oxygen atoms in total. The first-order valence-corrected chi connectivity index (χ1v) is 11.0. The summed E-state index contributed by atoms with van der Waals surface area (Å²) < 4.78 is 0. The predicted octanol–water partition coefficient (Wildman–Crippen LogP) is -2.39. The highest BCUT2D eigenvalue weighted by molar-refractivity contribution is 5.88. The fraction of sp³-hybridized carbons (Fsp3) is 0.750. The number of carboxylic acid groups (broad SMARTS) is 2. The molecule has 33 heavy (non-hydrogen) atoms. The molecule has 0 aliphatic carbocycles. The van der Waals surface area contributed by atoms with Crippen molar-refractivity contribution in [2.75, 3.05) is 26.2 Å². The van der Waals surface area contributed by atoms with E-state index < -0.39 is 66.9 Å². The lowest BCUT2D eigenvalue weighted by molar-refractivity contribution is -0.149. The zero-order valence-corrected chi connectivity index (χ0v) is 18.8. The van der Waals surface area contributed by atoms with Gasteiger partial charge in [-0.3, -0.25) is 19.2 Å². The number of nitrogens with zero attached hydrogens (tertiary/aromatic N) is 1. The van der Waals surface area contributed by atoms with Gasteiger partial charge in [0.15, 0.2) is 0 Å². The van der Waals surface area contributed by atoms with Crippen LogP contribution in [0.2, 0.25) is 0 Å². The van der Waals surface area contributed by atoms with Gasteiger partial charge in [-0.25, -0.2) is 4.79 Å². The van der Waals surface area contributed by atoms with Crippen LogP contribution in [0.5, 0.6) is 0 Å². The van der Waals surface area contributed by atoms with Crippen LogP contribution >= 0.6 is 0 Å². The SMILES string of the molecule is CC(=O)N[C@@H](CO)C(=O)N[C@H](CN[C@@H](CCCCN)C(=O)N1CCC[C@H]1C(=O)O)CC(=O)O. The van der Waals surface area contributed by atoms with Gasteiger partial charge in [0.1, 0.15) is 12.1 Å². The van der Waals surface area contributed by atoms with Crippen LogP contribution in [-0.4, -0.2) is 100 Å². The van der Waals surface area contributed by atoms with Crippen molar-refractivity contribution in [2.24, 2.45) is 5.73 Å². The van der Waals surface area contributed by atoms with Crippen LogP contribution in [0.15, 0.2) is 0 Å². The molecule has 0 unspecified atom stereocenters. The van der Waals surface area contributed by atoms with Crippen LogP contribution in [0.4, 0.5) is 0 Å². The Bertz CT molecular complexity index is 704. The van der Waals surface area contributed by atoms with E-state index in [1.165, 1.54) is 11.8 Å². The number of carboxylic acids is 2. The minimum Gasteiger partial charge on any atom is -0.481 e. The van der Waals surface area contributed by atoms with Crippen LogP contribution in [0.25, 0.3) is 0 Å². The van der Waals surface area contributed by atoms with Gasteiger partial charge in [0.05, 0.1) is 25.1 Å². The lowest BCUT2D eigenvalue weighted by atomic mass is 10.1. The summed E-state index contributed by atoms with van der Waals surface area (Å²) in [5.41, 5.74) is 5.53. The molecular weight excluding hydrogens is 438 g/mol. The molecule has 1 aliphatic heterocycles. The highest BCUT2D eigenvalue weighted by Gasteiger charge is 2.37. The molecule has 0 bridgehead atoms. The summed E-state index contributed by atoms with van der Waals surface area (Å²) in [4.78, 5) is 60.7. The number of hydrogen-bond donors (Lipinski definition) is 7. The van der Waals surface area contributed by atoms with Gasteiger partial charge in [0.2, 0.25) is 17.7 Å². The van der Waals surface area contributed by atoms with Crippen molar-refractivity contribution in [1.29, 1.82) is 0 Å². The van der Waals surface area contributed by atoms with Gasteiger partial charge in [-0.1, -0.05) is 6.42 Å². The van der Waals surface area contributed by atoms with E-state index in [0.29, 0.717) is 45.2 Å². The zero-order valence-electron chi connectivity index (χ0n) is 18.8. The molecule has 1 heterocycles. The number of hydrogen-bond acceptors (Lipinski definition) is 8. The molecule has 0 aromatic heterocycles. The summed E-state index contributed by atoms with van der Waals surface area (Å²) >= 11 is 0. The Morgan fingerprint density at radius 1 is 1.09 bits per heavy atom. The second-order valence-corrected chi connectivity index (χ2v) is 8.01. The molecule has 8 N–H and O–H groups in total. The first-order chi connectivity index (χ1) is 15.6. The average Bonchev–Trinajstić information content (AvgIpc) is 3.23. The Labute approximate surface area is 192 Å². The Balaban J connectivity index is 2.90. The van der Waals surface area contributed by atoms with Crippen molar-refractivity contribution in [3.8, 4) is 0 Å². The first-order valence-electron chi connectivity index (χ1n) is 11.0. The van der Waals surface area contributed by atoms with Crippen LogP contribution in [0.3, 0.4) is 0 Å². The summed E-state index contributed by atoms with van der Waals surface area (Å²) in [5, 5.41) is 35.6. The Hall–Kier alpha value is -2.77. The minimum atomic E-state index is -1.25. The molecule has 1 aliphatic rings. The van der Waals surface area contributed by atoms with Gasteiger partial charge in [0.25, 0.3) is 0 Å². The van der Waals surface area contributed by atoms with E-state index in [1.54, 1.807) is 0 Å². The fourth-order valence-corrected chi connectivity index (χ4v) is 3.70. The smallest absolute Gasteiger partial charge is 0.326 e. The van der Waals surface area contributed by atoms with Crippen LogP contribution in [0.1, 0.15) is 45.4 Å². The third-order valence-corrected chi connectivity index (χ3v) is 5.32. The molecule has 3 amide bonds. The molecule has 0 radical (unpaired) electrons. The van der Waals surface area contributed by atoms with E-state index in [0.717, 1.165) is 0 Å². The van der Waals surface area contributed by atoms with Gasteiger partial charge in [-0.15, -0.1) is 0 Å². The molecule has 1 saturated heterocycles. The number of carbonyl (C=O) groups is 5. The van der Waals surface area contributed by atoms with Gasteiger partial charge in [-0.2, -0.15) is 0 Å². The van der Waals surface area contributed by atoms with Crippen LogP contribution in [-0.2, 0) is 24.0 Å². The molecule has 0 aromatic rings. The largest absolute Gasteiger partial charge is 0.481 e. The molecule has 13 heteroatoms. The number of likely N-dealkylation sites (tertiary alicyclic amines) is 1. The molecule has 1 fully saturated rings. The predicted molar refractivity (Wildman–Crippen MR) is 116 cm³/mol. The lowest BCUT2D eigenvalue weighted by Crippen LogP contribution is -2.56. The number of aliphatic hydroxyl groups excluding tert-OH is 1. The lowest BCUT2D eigenvalue weighted by Gasteiger charge is -2.29. The van der Waals surface area contributed by atoms with Crippen molar-refractivity contribution < 1.29 is 39.3 Å².